The van der Waals surface area contributed by atoms with Gasteiger partial charge in [0.25, 0.3) is 0 Å². The van der Waals surface area contributed by atoms with Crippen molar-refractivity contribution >= 4 is 17.8 Å². The van der Waals surface area contributed by atoms with Crippen molar-refractivity contribution in [2.24, 2.45) is 0 Å². The average Bonchev–Trinajstić information content (AvgIpc) is 2.82. The highest BCUT2D eigenvalue weighted by atomic mass is 16.5. The molecule has 0 saturated heterocycles. The SMILES string of the molecule is COc1ccc(C(=O)Oc2ccc(/C=C/C(=O)c3ccc(OC)cc3OC)cc2)cc1. The second-order valence-corrected chi connectivity index (χ2v) is 6.45. The molecule has 3 aromatic carbocycles. The first kappa shape index (κ1) is 21.6. The van der Waals surface area contributed by atoms with Gasteiger partial charge < -0.3 is 18.9 Å². The summed E-state index contributed by atoms with van der Waals surface area (Å²) in [6.07, 6.45) is 3.14. The topological polar surface area (TPSA) is 71.1 Å². The molecule has 0 N–H and O–H groups in total. The lowest BCUT2D eigenvalue weighted by atomic mass is 10.1. The van der Waals surface area contributed by atoms with Crippen LogP contribution >= 0.6 is 0 Å². The number of rotatable bonds is 8. The fraction of sp³-hybridized carbons (Fsp3) is 0.120. The van der Waals surface area contributed by atoms with Gasteiger partial charge in [-0.15, -0.1) is 0 Å². The van der Waals surface area contributed by atoms with Crippen LogP contribution in [-0.2, 0) is 0 Å². The molecule has 158 valence electrons. The highest BCUT2D eigenvalue weighted by Crippen LogP contribution is 2.25. The third-order valence-corrected chi connectivity index (χ3v) is 4.52. The van der Waals surface area contributed by atoms with E-state index in [1.807, 2.05) is 0 Å². The summed E-state index contributed by atoms with van der Waals surface area (Å²) >= 11 is 0. The van der Waals surface area contributed by atoms with Gasteiger partial charge in [-0.3, -0.25) is 4.79 Å². The van der Waals surface area contributed by atoms with Gasteiger partial charge in [-0.05, 0) is 60.2 Å². The summed E-state index contributed by atoms with van der Waals surface area (Å²) in [6, 6.07) is 18.5. The first-order valence-electron chi connectivity index (χ1n) is 9.45. The molecule has 0 fully saturated rings. The van der Waals surface area contributed by atoms with E-state index in [2.05, 4.69) is 0 Å². The van der Waals surface area contributed by atoms with E-state index < -0.39 is 5.97 Å². The minimum absolute atomic E-state index is 0.200. The summed E-state index contributed by atoms with van der Waals surface area (Å²) in [6.45, 7) is 0. The van der Waals surface area contributed by atoms with E-state index in [0.29, 0.717) is 34.1 Å². The average molecular weight is 418 g/mol. The van der Waals surface area contributed by atoms with Crippen LogP contribution in [0.25, 0.3) is 6.08 Å². The third kappa shape index (κ3) is 5.51. The van der Waals surface area contributed by atoms with E-state index in [-0.39, 0.29) is 5.78 Å². The van der Waals surface area contributed by atoms with Crippen molar-refractivity contribution in [3.63, 3.8) is 0 Å². The number of carbonyl (C=O) groups is 2. The van der Waals surface area contributed by atoms with E-state index >= 15 is 0 Å². The Kier molecular flexibility index (Phi) is 7.06. The van der Waals surface area contributed by atoms with Crippen molar-refractivity contribution in [2.45, 2.75) is 0 Å². The van der Waals surface area contributed by atoms with Crippen molar-refractivity contribution in [3.8, 4) is 23.0 Å². The minimum atomic E-state index is -0.465. The predicted molar refractivity (Wildman–Crippen MR) is 117 cm³/mol. The van der Waals surface area contributed by atoms with Crippen molar-refractivity contribution in [1.82, 2.24) is 0 Å². The maximum Gasteiger partial charge on any atom is 0.343 e. The fourth-order valence-electron chi connectivity index (χ4n) is 2.80. The Morgan fingerprint density at radius 2 is 1.32 bits per heavy atom. The maximum absolute atomic E-state index is 12.5. The van der Waals surface area contributed by atoms with E-state index in [1.165, 1.54) is 13.2 Å². The van der Waals surface area contributed by atoms with Gasteiger partial charge in [0.2, 0.25) is 0 Å². The number of ether oxygens (including phenoxy) is 4. The summed E-state index contributed by atoms with van der Waals surface area (Å²) in [5.74, 6) is 1.45. The number of hydrogen-bond acceptors (Lipinski definition) is 6. The first-order chi connectivity index (χ1) is 15.0. The standard InChI is InChI=1S/C25H22O6/c1-28-19-11-7-18(8-12-19)25(27)31-20-9-4-17(5-10-20)6-15-23(26)22-14-13-21(29-2)16-24(22)30-3/h4-16H,1-3H3/b15-6+. The van der Waals surface area contributed by atoms with Crippen LogP contribution in [0.5, 0.6) is 23.0 Å². The molecule has 0 amide bonds. The van der Waals surface area contributed by atoms with Crippen LogP contribution in [-0.4, -0.2) is 33.1 Å². The maximum atomic E-state index is 12.5. The smallest absolute Gasteiger partial charge is 0.343 e. The number of benzene rings is 3. The Hall–Kier alpha value is -4.06. The van der Waals surface area contributed by atoms with Crippen LogP contribution in [0.3, 0.4) is 0 Å². The quantitative estimate of drug-likeness (QED) is 0.226. The minimum Gasteiger partial charge on any atom is -0.497 e. The van der Waals surface area contributed by atoms with Crippen LogP contribution < -0.4 is 18.9 Å². The summed E-state index contributed by atoms with van der Waals surface area (Å²) in [4.78, 5) is 24.8. The zero-order chi connectivity index (χ0) is 22.2. The van der Waals surface area contributed by atoms with Gasteiger partial charge in [0.15, 0.2) is 5.78 Å². The molecule has 0 spiro atoms. The third-order valence-electron chi connectivity index (χ3n) is 4.52. The Labute approximate surface area is 180 Å². The van der Waals surface area contributed by atoms with E-state index in [9.17, 15) is 9.59 Å². The molecule has 6 nitrogen and oxygen atoms in total. The van der Waals surface area contributed by atoms with E-state index in [1.54, 1.807) is 87.0 Å². The molecule has 0 aliphatic carbocycles. The van der Waals surface area contributed by atoms with Gasteiger partial charge in [0.05, 0.1) is 32.5 Å². The first-order valence-corrected chi connectivity index (χ1v) is 9.45. The molecule has 0 unspecified atom stereocenters. The number of ketones is 1. The van der Waals surface area contributed by atoms with Crippen LogP contribution in [0, 0.1) is 0 Å². The molecular weight excluding hydrogens is 396 g/mol. The van der Waals surface area contributed by atoms with Crippen LogP contribution in [0.4, 0.5) is 0 Å². The van der Waals surface area contributed by atoms with Crippen molar-refractivity contribution in [1.29, 1.82) is 0 Å². The van der Waals surface area contributed by atoms with Crippen molar-refractivity contribution < 1.29 is 28.5 Å². The van der Waals surface area contributed by atoms with Gasteiger partial charge in [-0.25, -0.2) is 4.79 Å². The number of hydrogen-bond donors (Lipinski definition) is 0. The summed E-state index contributed by atoms with van der Waals surface area (Å²) in [5, 5.41) is 0. The highest BCUT2D eigenvalue weighted by Gasteiger charge is 2.11. The van der Waals surface area contributed by atoms with Crippen molar-refractivity contribution in [3.05, 3.63) is 89.5 Å². The fourth-order valence-corrected chi connectivity index (χ4v) is 2.80. The van der Waals surface area contributed by atoms with E-state index in [0.717, 1.165) is 5.56 Å². The van der Waals surface area contributed by atoms with Gasteiger partial charge >= 0.3 is 5.97 Å². The summed E-state index contributed by atoms with van der Waals surface area (Å²) < 4.78 is 20.9. The van der Waals surface area contributed by atoms with Crippen LogP contribution in [0.1, 0.15) is 26.3 Å². The molecular formula is C25H22O6. The van der Waals surface area contributed by atoms with Gasteiger partial charge in [0, 0.05) is 6.07 Å². The van der Waals surface area contributed by atoms with Crippen LogP contribution in [0.15, 0.2) is 72.8 Å². The molecule has 3 aromatic rings. The summed E-state index contributed by atoms with van der Waals surface area (Å²) in [7, 11) is 4.61. The Bertz CT molecular complexity index is 1080. The Morgan fingerprint density at radius 3 is 1.94 bits per heavy atom. The lowest BCUT2D eigenvalue weighted by Crippen LogP contribution is -2.08. The number of methoxy groups -OCH3 is 3. The largest absolute Gasteiger partial charge is 0.497 e. The van der Waals surface area contributed by atoms with Gasteiger partial charge in [0.1, 0.15) is 23.0 Å². The van der Waals surface area contributed by atoms with Gasteiger partial charge in [-0.1, -0.05) is 18.2 Å². The lowest BCUT2D eigenvalue weighted by molar-refractivity contribution is 0.0734. The lowest BCUT2D eigenvalue weighted by Gasteiger charge is -2.08. The molecule has 31 heavy (non-hydrogen) atoms. The van der Waals surface area contributed by atoms with Crippen LogP contribution in [0.2, 0.25) is 0 Å². The Balaban J connectivity index is 1.65. The molecule has 6 heteroatoms. The number of carbonyl (C=O) groups excluding carboxylic acids is 2. The molecule has 3 rings (SSSR count). The molecule has 0 bridgehead atoms. The second-order valence-electron chi connectivity index (χ2n) is 6.45. The number of allylic oxidation sites excluding steroid dienone is 1. The molecule has 0 aliphatic heterocycles. The molecule has 0 saturated carbocycles. The van der Waals surface area contributed by atoms with Crippen molar-refractivity contribution in [2.75, 3.05) is 21.3 Å². The summed E-state index contributed by atoms with van der Waals surface area (Å²) in [5.41, 5.74) is 1.64. The monoisotopic (exact) mass is 418 g/mol. The highest BCUT2D eigenvalue weighted by molar-refractivity contribution is 6.08. The number of esters is 1. The molecule has 0 aromatic heterocycles. The van der Waals surface area contributed by atoms with E-state index in [4.69, 9.17) is 18.9 Å². The predicted octanol–water partition coefficient (Wildman–Crippen LogP) is 4.83. The Morgan fingerprint density at radius 1 is 0.710 bits per heavy atom. The van der Waals surface area contributed by atoms with Gasteiger partial charge in [-0.2, -0.15) is 0 Å². The normalized spacial score (nSPS) is 10.5. The second kappa shape index (κ2) is 10.1. The molecule has 0 aliphatic rings. The zero-order valence-electron chi connectivity index (χ0n) is 17.5. The molecule has 0 heterocycles. The zero-order valence-corrected chi connectivity index (χ0v) is 17.5. The molecule has 0 atom stereocenters. The molecule has 0 radical (unpaired) electrons.